The zero-order valence-corrected chi connectivity index (χ0v) is 16.8. The van der Waals surface area contributed by atoms with Crippen LogP contribution in [0.5, 0.6) is 5.75 Å². The number of nitrogens with zero attached hydrogens (tertiary/aromatic N) is 1. The van der Waals surface area contributed by atoms with Crippen LogP contribution in [0, 0.1) is 0 Å². The number of hydrogen-bond donors (Lipinski definition) is 3. The molecule has 2 rings (SSSR count). The summed E-state index contributed by atoms with van der Waals surface area (Å²) in [5, 5.41) is 11.4. The van der Waals surface area contributed by atoms with Crippen LogP contribution in [0.2, 0.25) is 0 Å². The van der Waals surface area contributed by atoms with Crippen LogP contribution in [0.1, 0.15) is 33.3 Å². The van der Waals surface area contributed by atoms with Crippen LogP contribution in [0.15, 0.2) is 41.4 Å². The van der Waals surface area contributed by atoms with Crippen molar-refractivity contribution in [1.29, 1.82) is 0 Å². The molecular weight excluding hydrogens is 340 g/mol. The van der Waals surface area contributed by atoms with Crippen molar-refractivity contribution in [2.45, 2.75) is 39.8 Å². The van der Waals surface area contributed by atoms with E-state index in [0.717, 1.165) is 28.6 Å². The number of methoxy groups -OCH3 is 1. The van der Waals surface area contributed by atoms with Gasteiger partial charge in [0.2, 0.25) is 5.91 Å². The molecule has 0 saturated carbocycles. The Hall–Kier alpha value is -2.76. The van der Waals surface area contributed by atoms with E-state index in [1.807, 2.05) is 45.9 Å². The molecule has 1 amide bonds. The Morgan fingerprint density at radius 1 is 1.07 bits per heavy atom. The molecule has 0 heterocycles. The zero-order valence-electron chi connectivity index (χ0n) is 16.8. The number of hydrogen-bond acceptors (Lipinski definition) is 3. The van der Waals surface area contributed by atoms with Crippen LogP contribution in [0.4, 0.5) is 0 Å². The van der Waals surface area contributed by atoms with E-state index in [-0.39, 0.29) is 18.0 Å². The molecule has 0 aliphatic carbocycles. The van der Waals surface area contributed by atoms with Crippen LogP contribution in [-0.4, -0.2) is 37.6 Å². The molecule has 0 aromatic heterocycles. The summed E-state index contributed by atoms with van der Waals surface area (Å²) in [6.07, 6.45) is 0. The van der Waals surface area contributed by atoms with Crippen LogP contribution in [-0.2, 0) is 11.3 Å². The van der Waals surface area contributed by atoms with Crippen molar-refractivity contribution in [1.82, 2.24) is 16.0 Å². The van der Waals surface area contributed by atoms with E-state index >= 15 is 0 Å². The number of aliphatic imine (C=N–C) groups is 1. The number of benzene rings is 2. The molecule has 0 fully saturated rings. The number of rotatable bonds is 6. The Morgan fingerprint density at radius 2 is 1.78 bits per heavy atom. The molecule has 2 aromatic carbocycles. The third kappa shape index (κ3) is 6.81. The topological polar surface area (TPSA) is 74.8 Å². The summed E-state index contributed by atoms with van der Waals surface area (Å²) < 4.78 is 5.26. The fraction of sp³-hybridized carbons (Fsp3) is 0.429. The number of nitrogens with one attached hydrogen (secondary N) is 3. The quantitative estimate of drug-likeness (QED) is 0.540. The molecule has 0 bridgehead atoms. The molecule has 0 spiro atoms. The number of amides is 1. The zero-order chi connectivity index (χ0) is 19.9. The molecule has 0 aliphatic rings. The Labute approximate surface area is 161 Å². The fourth-order valence-corrected chi connectivity index (χ4v) is 2.64. The predicted octanol–water partition coefficient (Wildman–Crippen LogP) is 2.82. The summed E-state index contributed by atoms with van der Waals surface area (Å²) in [6.45, 7) is 9.30. The predicted molar refractivity (Wildman–Crippen MR) is 111 cm³/mol. The third-order valence-electron chi connectivity index (χ3n) is 3.81. The highest BCUT2D eigenvalue weighted by Gasteiger charge is 2.13. The lowest BCUT2D eigenvalue weighted by molar-refractivity contribution is -0.121. The van der Waals surface area contributed by atoms with Gasteiger partial charge in [0, 0.05) is 12.1 Å². The highest BCUT2D eigenvalue weighted by Crippen LogP contribution is 2.22. The van der Waals surface area contributed by atoms with E-state index in [2.05, 4.69) is 39.1 Å². The fourth-order valence-electron chi connectivity index (χ4n) is 2.64. The molecule has 2 aromatic rings. The first-order chi connectivity index (χ1) is 12.8. The van der Waals surface area contributed by atoms with Gasteiger partial charge < -0.3 is 20.7 Å². The van der Waals surface area contributed by atoms with Gasteiger partial charge in [0.1, 0.15) is 5.75 Å². The molecule has 146 valence electrons. The van der Waals surface area contributed by atoms with Crippen LogP contribution in [0.3, 0.4) is 0 Å². The van der Waals surface area contributed by atoms with Gasteiger partial charge in [0.25, 0.3) is 0 Å². The minimum atomic E-state index is -0.248. The minimum Gasteiger partial charge on any atom is -0.497 e. The highest BCUT2D eigenvalue weighted by molar-refractivity contribution is 5.87. The van der Waals surface area contributed by atoms with Crippen molar-refractivity contribution in [3.05, 3.63) is 42.0 Å². The molecule has 0 aliphatic heterocycles. The standard InChI is InChI=1S/C21H30N4O2/c1-6-22-20(24-14-19(26)25-21(2,3)4)23-13-15-7-8-17-12-18(27-5)10-9-16(17)11-15/h7-12H,6,13-14H2,1-5H3,(H,25,26)(H2,22,23,24). The maximum absolute atomic E-state index is 12.0. The summed E-state index contributed by atoms with van der Waals surface area (Å²) in [5.41, 5.74) is 0.853. The molecule has 6 nitrogen and oxygen atoms in total. The Balaban J connectivity index is 2.03. The second-order valence-electron chi connectivity index (χ2n) is 7.39. The van der Waals surface area contributed by atoms with Crippen LogP contribution in [0.25, 0.3) is 10.8 Å². The summed E-state index contributed by atoms with van der Waals surface area (Å²) in [4.78, 5) is 16.6. The second kappa shape index (κ2) is 9.26. The molecule has 0 unspecified atom stereocenters. The van der Waals surface area contributed by atoms with Gasteiger partial charge >= 0.3 is 0 Å². The van der Waals surface area contributed by atoms with Gasteiger partial charge in [-0.25, -0.2) is 4.99 Å². The van der Waals surface area contributed by atoms with E-state index in [9.17, 15) is 4.79 Å². The molecule has 0 radical (unpaired) electrons. The summed E-state index contributed by atoms with van der Waals surface area (Å²) in [6, 6.07) is 12.3. The van der Waals surface area contributed by atoms with Gasteiger partial charge in [0.15, 0.2) is 5.96 Å². The largest absolute Gasteiger partial charge is 0.497 e. The van der Waals surface area contributed by atoms with Crippen molar-refractivity contribution in [3.63, 3.8) is 0 Å². The smallest absolute Gasteiger partial charge is 0.239 e. The monoisotopic (exact) mass is 370 g/mol. The normalized spacial score (nSPS) is 12.0. The lowest BCUT2D eigenvalue weighted by Gasteiger charge is -2.21. The number of fused-ring (bicyclic) bond motifs is 1. The number of guanidine groups is 1. The van der Waals surface area contributed by atoms with Gasteiger partial charge in [-0.15, -0.1) is 0 Å². The van der Waals surface area contributed by atoms with Crippen molar-refractivity contribution >= 4 is 22.6 Å². The SMILES string of the molecule is CCNC(=NCc1ccc2cc(OC)ccc2c1)NCC(=O)NC(C)(C)C. The molecule has 0 saturated heterocycles. The summed E-state index contributed by atoms with van der Waals surface area (Å²) in [7, 11) is 1.67. The first-order valence-corrected chi connectivity index (χ1v) is 9.20. The minimum absolute atomic E-state index is 0.0623. The van der Waals surface area contributed by atoms with E-state index in [1.165, 1.54) is 0 Å². The van der Waals surface area contributed by atoms with E-state index in [4.69, 9.17) is 4.74 Å². The number of carbonyl (C=O) groups excluding carboxylic acids is 1. The Morgan fingerprint density at radius 3 is 2.44 bits per heavy atom. The summed E-state index contributed by atoms with van der Waals surface area (Å²) >= 11 is 0. The van der Waals surface area contributed by atoms with Crippen molar-refractivity contribution in [2.75, 3.05) is 20.2 Å². The Bertz CT molecular complexity index is 809. The van der Waals surface area contributed by atoms with E-state index < -0.39 is 0 Å². The van der Waals surface area contributed by atoms with E-state index in [0.29, 0.717) is 12.5 Å². The third-order valence-corrected chi connectivity index (χ3v) is 3.81. The molecule has 0 atom stereocenters. The average molecular weight is 370 g/mol. The van der Waals surface area contributed by atoms with Gasteiger partial charge in [-0.3, -0.25) is 4.79 Å². The molecule has 6 heteroatoms. The van der Waals surface area contributed by atoms with Gasteiger partial charge in [-0.1, -0.05) is 18.2 Å². The molecular formula is C21H30N4O2. The first-order valence-electron chi connectivity index (χ1n) is 9.20. The van der Waals surface area contributed by atoms with Crippen molar-refractivity contribution < 1.29 is 9.53 Å². The first kappa shape index (κ1) is 20.6. The lowest BCUT2D eigenvalue weighted by Crippen LogP contribution is -2.48. The van der Waals surface area contributed by atoms with Crippen molar-refractivity contribution in [3.8, 4) is 5.75 Å². The summed E-state index contributed by atoms with van der Waals surface area (Å²) in [5.74, 6) is 1.41. The molecule has 27 heavy (non-hydrogen) atoms. The maximum Gasteiger partial charge on any atom is 0.239 e. The van der Waals surface area contributed by atoms with Gasteiger partial charge in [-0.05, 0) is 62.2 Å². The average Bonchev–Trinajstić information content (AvgIpc) is 2.62. The lowest BCUT2D eigenvalue weighted by atomic mass is 10.1. The second-order valence-corrected chi connectivity index (χ2v) is 7.39. The Kier molecular flexibility index (Phi) is 7.05. The van der Waals surface area contributed by atoms with Gasteiger partial charge in [0.05, 0.1) is 20.2 Å². The highest BCUT2D eigenvalue weighted by atomic mass is 16.5. The maximum atomic E-state index is 12.0. The number of carbonyl (C=O) groups is 1. The van der Waals surface area contributed by atoms with E-state index in [1.54, 1.807) is 7.11 Å². The van der Waals surface area contributed by atoms with Gasteiger partial charge in [-0.2, -0.15) is 0 Å². The number of ether oxygens (including phenoxy) is 1. The van der Waals surface area contributed by atoms with Crippen LogP contribution < -0.4 is 20.7 Å². The molecule has 3 N–H and O–H groups in total. The van der Waals surface area contributed by atoms with Crippen molar-refractivity contribution in [2.24, 2.45) is 4.99 Å². The van der Waals surface area contributed by atoms with Crippen LogP contribution >= 0.6 is 0 Å².